The van der Waals surface area contributed by atoms with Crippen molar-refractivity contribution in [3.05, 3.63) is 40.3 Å². The number of fused-ring (bicyclic) bond motifs is 3. The van der Waals surface area contributed by atoms with Crippen molar-refractivity contribution in [3.63, 3.8) is 0 Å². The summed E-state index contributed by atoms with van der Waals surface area (Å²) in [4.78, 5) is 52.9. The molecule has 1 aromatic carbocycles. The molecule has 3 fully saturated rings. The van der Waals surface area contributed by atoms with Gasteiger partial charge in [-0.3, -0.25) is 14.5 Å². The first-order valence-corrected chi connectivity index (χ1v) is 16.4. The summed E-state index contributed by atoms with van der Waals surface area (Å²) in [5.41, 5.74) is -0.0819. The highest BCUT2D eigenvalue weighted by molar-refractivity contribution is 6.41. The first kappa shape index (κ1) is 31.2. The second kappa shape index (κ2) is 14.0. The first-order chi connectivity index (χ1) is 20.9. The number of piperidine rings is 2. The van der Waals surface area contributed by atoms with E-state index in [4.69, 9.17) is 4.84 Å². The predicted octanol–water partition coefficient (Wildman–Crippen LogP) is 4.99. The quantitative estimate of drug-likeness (QED) is 0.288. The van der Waals surface area contributed by atoms with Gasteiger partial charge in [-0.25, -0.2) is 9.78 Å². The Labute approximate surface area is 254 Å². The van der Waals surface area contributed by atoms with Crippen LogP contribution in [0.15, 0.2) is 34.2 Å². The summed E-state index contributed by atoms with van der Waals surface area (Å²) in [6.45, 7) is 6.59. The van der Waals surface area contributed by atoms with Gasteiger partial charge in [-0.1, -0.05) is 56.3 Å². The van der Waals surface area contributed by atoms with Gasteiger partial charge in [-0.05, 0) is 70.4 Å². The van der Waals surface area contributed by atoms with Gasteiger partial charge in [0.1, 0.15) is 0 Å². The number of para-hydroxylation sites is 2. The Balaban J connectivity index is 1.46. The van der Waals surface area contributed by atoms with Gasteiger partial charge in [-0.15, -0.1) is 0 Å². The van der Waals surface area contributed by atoms with Gasteiger partial charge < -0.3 is 19.4 Å². The van der Waals surface area contributed by atoms with Gasteiger partial charge >= 0.3 is 5.97 Å². The van der Waals surface area contributed by atoms with Crippen LogP contribution in [0.3, 0.4) is 0 Å². The van der Waals surface area contributed by atoms with Crippen molar-refractivity contribution in [1.29, 1.82) is 0 Å². The molecule has 3 aliphatic rings. The van der Waals surface area contributed by atoms with Crippen molar-refractivity contribution >= 4 is 28.6 Å². The van der Waals surface area contributed by atoms with E-state index in [0.29, 0.717) is 42.2 Å². The monoisotopic (exact) mass is 593 g/mol. The maximum atomic E-state index is 14.2. The van der Waals surface area contributed by atoms with Gasteiger partial charge in [0, 0.05) is 37.3 Å². The summed E-state index contributed by atoms with van der Waals surface area (Å²) in [6, 6.07) is 8.77. The van der Waals surface area contributed by atoms with Gasteiger partial charge in [-0.2, -0.15) is 0 Å². The Kier molecular flexibility index (Phi) is 10.2. The van der Waals surface area contributed by atoms with Crippen LogP contribution in [0, 0.1) is 5.92 Å². The van der Waals surface area contributed by atoms with E-state index in [2.05, 4.69) is 22.0 Å². The van der Waals surface area contributed by atoms with E-state index in [9.17, 15) is 19.5 Å². The number of hydrogen-bond acceptors (Lipinski definition) is 7. The second-order valence-electron chi connectivity index (χ2n) is 12.5. The molecule has 10 heteroatoms. The fourth-order valence-corrected chi connectivity index (χ4v) is 8.07. The van der Waals surface area contributed by atoms with E-state index in [-0.39, 0.29) is 17.6 Å². The smallest absolute Gasteiger partial charge is 0.360 e. The molecule has 1 aromatic heterocycles. The summed E-state index contributed by atoms with van der Waals surface area (Å²) in [7, 11) is 0. The van der Waals surface area contributed by atoms with E-state index >= 15 is 0 Å². The number of hydrogen-bond donors (Lipinski definition) is 1. The van der Waals surface area contributed by atoms with Crippen LogP contribution < -0.4 is 5.56 Å². The number of aliphatic carboxylic acids is 1. The number of aromatic nitrogens is 2. The molecule has 5 atom stereocenters. The van der Waals surface area contributed by atoms with Crippen LogP contribution in [0.2, 0.25) is 0 Å². The minimum atomic E-state index is -1.42. The number of nitrogens with zero attached hydrogens (tertiary/aromatic N) is 5. The van der Waals surface area contributed by atoms with Gasteiger partial charge in [0.15, 0.2) is 12.3 Å². The Morgan fingerprint density at radius 1 is 0.977 bits per heavy atom. The number of carbonyl (C=O) groups is 2. The average molecular weight is 594 g/mol. The highest BCUT2D eigenvalue weighted by atomic mass is 16.6. The summed E-state index contributed by atoms with van der Waals surface area (Å²) in [6.07, 6.45) is 12.9. The van der Waals surface area contributed by atoms with Gasteiger partial charge in [0.25, 0.3) is 11.5 Å². The molecule has 2 saturated heterocycles. The molecule has 0 unspecified atom stereocenters. The minimum Gasteiger partial charge on any atom is -0.476 e. The normalized spacial score (nSPS) is 26.3. The highest BCUT2D eigenvalue weighted by Crippen LogP contribution is 2.44. The molecule has 1 amide bonds. The molecule has 10 nitrogen and oxygen atoms in total. The molecule has 1 saturated carbocycles. The Bertz CT molecular complexity index is 1370. The lowest BCUT2D eigenvalue weighted by atomic mass is 9.76. The first-order valence-electron chi connectivity index (χ1n) is 16.4. The zero-order chi connectivity index (χ0) is 30.5. The lowest BCUT2D eigenvalue weighted by Crippen LogP contribution is -2.58. The Hall–Kier alpha value is -3.27. The minimum absolute atomic E-state index is 0.0686. The summed E-state index contributed by atoms with van der Waals surface area (Å²) in [5.74, 6) is -0.915. The number of amides is 1. The molecule has 43 heavy (non-hydrogen) atoms. The summed E-state index contributed by atoms with van der Waals surface area (Å²) in [5, 5.41) is 13.8. The standard InChI is InChI=1S/C33H47N5O5/c1-4-11-22-12-9-13-23(18-22)37-24-14-10-15-25(37)20-26(19-24)38-28-17-8-7-16-27(28)34-30(32(38)40)31(33(41)42)35-43-21-29(39)36(5-2)6-3/h7-8,16-17,22-26H,4-6,9-15,18-21H2,1-3H3,(H,41,42)/b35-31-/t22-,23-,24-,25+,26+/m0/s1. The molecule has 234 valence electrons. The van der Waals surface area contributed by atoms with E-state index in [1.807, 2.05) is 32.0 Å². The van der Waals surface area contributed by atoms with Crippen LogP contribution in [0.1, 0.15) is 103 Å². The number of benzene rings is 1. The molecule has 1 aliphatic carbocycles. The zero-order valence-corrected chi connectivity index (χ0v) is 25.9. The van der Waals surface area contributed by atoms with Crippen molar-refractivity contribution in [2.24, 2.45) is 11.1 Å². The molecule has 0 spiro atoms. The van der Waals surface area contributed by atoms with Crippen LogP contribution in [0.5, 0.6) is 0 Å². The largest absolute Gasteiger partial charge is 0.476 e. The topological polar surface area (TPSA) is 117 Å². The maximum absolute atomic E-state index is 14.2. The second-order valence-corrected chi connectivity index (χ2v) is 12.5. The molecule has 3 heterocycles. The molecule has 5 rings (SSSR count). The van der Waals surface area contributed by atoms with E-state index in [0.717, 1.165) is 31.6 Å². The molecule has 0 radical (unpaired) electrons. The SMILES string of the molecule is CCC[C@H]1CCC[C@H](N2[C@@H]3CCC[C@H]2C[C@@H](n2c(=O)c(/C(=N/OCC(=O)N(CC)CC)C(=O)O)nc4ccccc42)C3)C1. The number of oxime groups is 1. The van der Waals surface area contributed by atoms with Crippen LogP contribution in [-0.2, 0) is 14.4 Å². The highest BCUT2D eigenvalue weighted by Gasteiger charge is 2.44. The third-order valence-electron chi connectivity index (χ3n) is 9.93. The molecule has 2 aromatic rings. The predicted molar refractivity (Wildman–Crippen MR) is 166 cm³/mol. The zero-order valence-electron chi connectivity index (χ0n) is 25.9. The Morgan fingerprint density at radius 2 is 1.63 bits per heavy atom. The van der Waals surface area contributed by atoms with Crippen LogP contribution in [0.25, 0.3) is 11.0 Å². The van der Waals surface area contributed by atoms with Crippen molar-refractivity contribution < 1.29 is 19.5 Å². The third-order valence-corrected chi connectivity index (χ3v) is 9.93. The van der Waals surface area contributed by atoms with Crippen molar-refractivity contribution in [2.45, 2.75) is 116 Å². The molecule has 2 bridgehead atoms. The number of carbonyl (C=O) groups excluding carboxylic acids is 1. The van der Waals surface area contributed by atoms with Gasteiger partial charge in [0.05, 0.1) is 11.0 Å². The van der Waals surface area contributed by atoms with Gasteiger partial charge in [0.2, 0.25) is 5.71 Å². The Morgan fingerprint density at radius 3 is 2.28 bits per heavy atom. The van der Waals surface area contributed by atoms with Crippen molar-refractivity contribution in [2.75, 3.05) is 19.7 Å². The molecular weight excluding hydrogens is 546 g/mol. The summed E-state index contributed by atoms with van der Waals surface area (Å²) >= 11 is 0. The third kappa shape index (κ3) is 6.64. The number of carboxylic acid groups (broad SMARTS) is 1. The lowest BCUT2D eigenvalue weighted by molar-refractivity contribution is -0.136. The summed E-state index contributed by atoms with van der Waals surface area (Å²) < 4.78 is 1.78. The molecule has 1 N–H and O–H groups in total. The van der Waals surface area contributed by atoms with E-state index in [1.54, 1.807) is 15.5 Å². The molecule has 2 aliphatic heterocycles. The van der Waals surface area contributed by atoms with Crippen molar-refractivity contribution in [3.8, 4) is 0 Å². The lowest BCUT2D eigenvalue weighted by Gasteiger charge is -2.54. The number of rotatable bonds is 11. The average Bonchev–Trinajstić information content (AvgIpc) is 2.99. The fourth-order valence-electron chi connectivity index (χ4n) is 8.07. The van der Waals surface area contributed by atoms with Crippen molar-refractivity contribution in [1.82, 2.24) is 19.4 Å². The number of likely N-dealkylation sites (N-methyl/N-ethyl adjacent to an activating group) is 1. The van der Waals surface area contributed by atoms with Crippen LogP contribution in [-0.4, -0.2) is 79.9 Å². The molecular formula is C33H47N5O5. The van der Waals surface area contributed by atoms with E-state index in [1.165, 1.54) is 44.9 Å². The number of carboxylic acids is 1. The fraction of sp³-hybridized carbons (Fsp3) is 0.667. The van der Waals surface area contributed by atoms with Crippen LogP contribution in [0.4, 0.5) is 0 Å². The van der Waals surface area contributed by atoms with Crippen LogP contribution >= 0.6 is 0 Å². The maximum Gasteiger partial charge on any atom is 0.360 e. The van der Waals surface area contributed by atoms with E-state index < -0.39 is 23.8 Å².